The summed E-state index contributed by atoms with van der Waals surface area (Å²) in [5, 5.41) is 15.7. The van der Waals surface area contributed by atoms with E-state index in [1.54, 1.807) is 129 Å². The van der Waals surface area contributed by atoms with Gasteiger partial charge in [0.25, 0.3) is 11.8 Å². The highest BCUT2D eigenvalue weighted by atomic mass is 28.4. The number of aryl methyl sites for hydroxylation is 1. The number of carbonyl (C=O) groups is 10. The van der Waals surface area contributed by atoms with Crippen LogP contribution in [-0.2, 0) is 60.6 Å². The van der Waals surface area contributed by atoms with Crippen LogP contribution in [0.4, 0.5) is 38.0 Å². The van der Waals surface area contributed by atoms with E-state index in [1.807, 2.05) is 56.4 Å². The first-order valence-corrected chi connectivity index (χ1v) is 42.4. The topological polar surface area (TPSA) is 356 Å². The maximum Gasteiger partial charge on any atom is 0.416 e. The molecule has 30 heteroatoms. The first-order chi connectivity index (χ1) is 55.6. The molecule has 8 aliphatic rings. The lowest BCUT2D eigenvalue weighted by Gasteiger charge is -2.44. The minimum Gasteiger partial charge on any atom is -0.493 e. The molecule has 0 spiro atoms. The molecule has 117 heavy (non-hydrogen) atoms. The van der Waals surface area contributed by atoms with Crippen molar-refractivity contribution in [1.82, 2.24) is 31.1 Å². The minimum absolute atomic E-state index is 0.109. The van der Waals surface area contributed by atoms with Gasteiger partial charge in [-0.1, -0.05) is 115 Å². The number of nitrogen functional groups attached to an aromatic ring is 1. The Hall–Kier alpha value is -11.8. The van der Waals surface area contributed by atoms with Gasteiger partial charge in [0.2, 0.25) is 35.4 Å². The third-order valence-electron chi connectivity index (χ3n) is 22.0. The van der Waals surface area contributed by atoms with Gasteiger partial charge in [-0.2, -0.15) is 0 Å². The van der Waals surface area contributed by atoms with E-state index in [0.29, 0.717) is 53.9 Å². The maximum absolute atomic E-state index is 15.5. The summed E-state index contributed by atoms with van der Waals surface area (Å²) in [6, 6.07) is 28.4. The molecule has 0 aliphatic carbocycles. The van der Waals surface area contributed by atoms with Crippen LogP contribution in [0.3, 0.4) is 0 Å². The van der Waals surface area contributed by atoms with Gasteiger partial charge in [-0.25, -0.2) is 14.5 Å². The van der Waals surface area contributed by atoms with Gasteiger partial charge in [-0.3, -0.25) is 43.3 Å². The van der Waals surface area contributed by atoms with E-state index in [9.17, 15) is 33.6 Å². The Morgan fingerprint density at radius 3 is 1.36 bits per heavy atom. The predicted molar refractivity (Wildman–Crippen MR) is 445 cm³/mol. The number of benzene rings is 6. The van der Waals surface area contributed by atoms with Gasteiger partial charge >= 0.3 is 12.2 Å². The molecule has 8 bridgehead atoms. The standard InChI is InChI=1S/C87H107N11O18Si/c1-49(2)76-80(103)89-52(6)78(101)91-62-31-21-55(22-32-62)45-114-85(107)97-54(8)66-37-59(57-25-19-51(5)20-26-57)43-95(66)82(105)64-39-70(109-12)72(41-67(64)97)112-35-17-16-18-36-113-73-42-68-65(40-71(73)110-13)83(106)96-44-60(58-27-29-61(88)30-28-58)38-69(96)84(116-117(14,15)87(9,10)11)98(68)86(108)115-46-56-23-33-63(34-24-56)92-79(102)53(7)90-81(104)77(50(3)4)94-75(100)48-111-47-74(99)93-76/h19-34,39-44,49-50,52-54,66,69,76-77,84H,16-18,35-38,45-48,88H2,1-15H3,(H,89,103)(H,90,104)(H,91,101)(H,92,102)(H,93,99)(H,94,100)/t52-,53-,54?,66-,69-,76-,77-,84?/m0/s1. The number of nitrogens with zero attached hydrogens (tertiary/aromatic N) is 4. The Balaban J connectivity index is 0.880. The van der Waals surface area contributed by atoms with Gasteiger partial charge in [0, 0.05) is 41.6 Å². The van der Waals surface area contributed by atoms with Crippen LogP contribution in [0.5, 0.6) is 23.0 Å². The first kappa shape index (κ1) is 86.1. The van der Waals surface area contributed by atoms with Crippen molar-refractivity contribution in [2.24, 2.45) is 11.8 Å². The summed E-state index contributed by atoms with van der Waals surface area (Å²) in [5.74, 6) is -4.76. The first-order valence-electron chi connectivity index (χ1n) is 39.5. The zero-order valence-corrected chi connectivity index (χ0v) is 70.0. The van der Waals surface area contributed by atoms with E-state index in [-0.39, 0.29) is 89.3 Å². The monoisotopic (exact) mass is 1620 g/mol. The van der Waals surface area contributed by atoms with Gasteiger partial charge in [0.1, 0.15) is 50.6 Å². The Morgan fingerprint density at radius 2 is 0.923 bits per heavy atom. The highest BCUT2D eigenvalue weighted by Crippen LogP contribution is 2.49. The highest BCUT2D eigenvalue weighted by molar-refractivity contribution is 6.74. The summed E-state index contributed by atoms with van der Waals surface area (Å²) in [6.45, 7) is 22.5. The predicted octanol–water partition coefficient (Wildman–Crippen LogP) is 12.0. The third-order valence-corrected chi connectivity index (χ3v) is 26.5. The lowest BCUT2D eigenvalue weighted by Crippen LogP contribution is -2.57. The van der Waals surface area contributed by atoms with Crippen molar-refractivity contribution in [1.29, 1.82) is 0 Å². The summed E-state index contributed by atoms with van der Waals surface area (Å²) >= 11 is 0. The second-order valence-corrected chi connectivity index (χ2v) is 37.1. The number of nitrogens with one attached hydrogen (secondary N) is 6. The summed E-state index contributed by atoms with van der Waals surface area (Å²) in [6.07, 6.45) is 3.20. The van der Waals surface area contributed by atoms with E-state index in [1.165, 1.54) is 37.9 Å². The molecular weight excluding hydrogens is 1520 g/mol. The van der Waals surface area contributed by atoms with Gasteiger partial charge in [0.05, 0.1) is 68.1 Å². The van der Waals surface area contributed by atoms with Gasteiger partial charge in [-0.15, -0.1) is 0 Å². The minimum atomic E-state index is -2.87. The van der Waals surface area contributed by atoms with Crippen LogP contribution in [0.2, 0.25) is 18.1 Å². The number of fused-ring (bicyclic) bond motifs is 2. The molecule has 14 rings (SSSR count). The van der Waals surface area contributed by atoms with E-state index < -0.39 is 135 Å². The number of rotatable bonds is 8. The Kier molecular flexibility index (Phi) is 27.2. The molecule has 8 heterocycles. The molecule has 8 aliphatic heterocycles. The van der Waals surface area contributed by atoms with Crippen molar-refractivity contribution >= 4 is 107 Å². The number of nitrogens with two attached hydrogens (primary N) is 1. The Morgan fingerprint density at radius 1 is 0.504 bits per heavy atom. The number of hydrogen-bond donors (Lipinski definition) is 7. The molecule has 6 aromatic carbocycles. The smallest absolute Gasteiger partial charge is 0.416 e. The van der Waals surface area contributed by atoms with Crippen LogP contribution in [0.25, 0.3) is 11.1 Å². The fourth-order valence-corrected chi connectivity index (χ4v) is 15.4. The third kappa shape index (κ3) is 20.2. The van der Waals surface area contributed by atoms with Crippen molar-refractivity contribution in [3.63, 3.8) is 0 Å². The van der Waals surface area contributed by atoms with Gasteiger partial charge in [0.15, 0.2) is 37.5 Å². The van der Waals surface area contributed by atoms with Gasteiger partial charge < -0.3 is 85.0 Å². The number of ether oxygens (including phenoxy) is 7. The van der Waals surface area contributed by atoms with Crippen LogP contribution >= 0.6 is 0 Å². The fraction of sp³-hybridized carbons (Fsp3) is 0.425. The van der Waals surface area contributed by atoms with Crippen molar-refractivity contribution in [3.8, 4) is 23.0 Å². The highest BCUT2D eigenvalue weighted by Gasteiger charge is 2.52. The molecular formula is C87H107N11O18Si. The van der Waals surface area contributed by atoms with Crippen molar-refractivity contribution in [2.45, 2.75) is 188 Å². The molecule has 0 aromatic heterocycles. The lowest BCUT2D eigenvalue weighted by atomic mass is 9.97. The number of methoxy groups -OCH3 is 2. The lowest BCUT2D eigenvalue weighted by molar-refractivity contribution is -0.137. The molecule has 10 amide bonds. The maximum atomic E-state index is 15.5. The molecule has 0 saturated carbocycles. The number of hydrogen-bond acceptors (Lipinski definition) is 19. The molecule has 0 fully saturated rings. The van der Waals surface area contributed by atoms with Gasteiger partial charge in [-0.05, 0) is 172 Å². The van der Waals surface area contributed by atoms with Crippen molar-refractivity contribution < 1.29 is 85.5 Å². The number of carbonyl (C=O) groups excluding carboxylic acids is 10. The summed E-state index contributed by atoms with van der Waals surface area (Å²) in [5.41, 5.74) is 13.7. The molecule has 6 aromatic rings. The Labute approximate surface area is 683 Å². The number of anilines is 5. The summed E-state index contributed by atoms with van der Waals surface area (Å²) < 4.78 is 50.2. The summed E-state index contributed by atoms with van der Waals surface area (Å²) in [4.78, 5) is 148. The molecule has 2 unspecified atom stereocenters. The SMILES string of the molecule is COc1cc2c3cc1OCCCCCOc1cc4c(cc1OC)C(=O)N1C=C(c5ccc(N)cc5)C[C@H]1C(O[Si](C)(C)C(C)(C)C)N4C(=O)OCc1ccc(cc1)NC(=O)[C@H](C)NC(=O)[C@H](C(C)C)NC(=O)COCC(=O)N[C@@H](C(C)C)C(=O)N[C@@H](C)C(=O)Nc1ccc(cc1)COC(=O)N3C(C)[C@@H]1CC(c3ccc(C)cc3)=CN1C2=O. The zero-order chi connectivity index (χ0) is 84.5. The average Bonchev–Trinajstić information content (AvgIpc) is 1.60. The van der Waals surface area contributed by atoms with Crippen LogP contribution in [0.1, 0.15) is 150 Å². The Bertz CT molecular complexity index is 4780. The summed E-state index contributed by atoms with van der Waals surface area (Å²) in [7, 11) is 0.0611. The van der Waals surface area contributed by atoms with Crippen molar-refractivity contribution in [2.75, 3.05) is 66.8 Å². The van der Waals surface area contributed by atoms with Crippen molar-refractivity contribution in [3.05, 3.63) is 173 Å². The van der Waals surface area contributed by atoms with Crippen LogP contribution < -0.4 is 66.4 Å². The normalized spacial score (nSPS) is 22.3. The zero-order valence-electron chi connectivity index (χ0n) is 69.0. The molecule has 0 radical (unpaired) electrons. The fourth-order valence-electron chi connectivity index (χ4n) is 14.1. The van der Waals surface area contributed by atoms with E-state index in [2.05, 4.69) is 65.8 Å². The van der Waals surface area contributed by atoms with E-state index in [0.717, 1.165) is 27.8 Å². The quantitative estimate of drug-likeness (QED) is 0.0550. The molecule has 622 valence electrons. The van der Waals surface area contributed by atoms with E-state index in [4.69, 9.17) is 43.3 Å². The van der Waals surface area contributed by atoms with Crippen LogP contribution in [0.15, 0.2) is 134 Å². The average molecular weight is 1620 g/mol. The van der Waals surface area contributed by atoms with E-state index >= 15 is 14.4 Å². The molecule has 29 nitrogen and oxygen atoms in total. The second-order valence-electron chi connectivity index (χ2n) is 32.3. The molecule has 0 saturated heterocycles. The number of amides is 10. The van der Waals surface area contributed by atoms with Crippen LogP contribution in [0, 0.1) is 18.8 Å². The largest absolute Gasteiger partial charge is 0.493 e. The molecule has 8 atom stereocenters. The van der Waals surface area contributed by atoms with Crippen LogP contribution in [-0.4, -0.2) is 167 Å². The second kappa shape index (κ2) is 37.0. The molecule has 8 N–H and O–H groups in total.